The van der Waals surface area contributed by atoms with Crippen molar-refractivity contribution in [2.75, 3.05) is 0 Å². The zero-order chi connectivity index (χ0) is 26.5. The average molecular weight is 594 g/mol. The third-order valence-electron chi connectivity index (χ3n) is 8.07. The largest absolute Gasteiger partial charge is 0.226 e. The Kier molecular flexibility index (Phi) is 6.75. The van der Waals surface area contributed by atoms with Crippen LogP contribution >= 0.6 is 0 Å². The quantitative estimate of drug-likeness (QED) is 0.109. The van der Waals surface area contributed by atoms with Crippen molar-refractivity contribution >= 4 is 43.1 Å². The van der Waals surface area contributed by atoms with Crippen LogP contribution in [-0.2, 0) is 32.7 Å². The number of hydrogen-bond acceptors (Lipinski definition) is 0. The van der Waals surface area contributed by atoms with E-state index >= 15 is 0 Å². The molecule has 0 fully saturated rings. The van der Waals surface area contributed by atoms with Gasteiger partial charge in [-0.05, 0) is 65.8 Å². The van der Waals surface area contributed by atoms with Gasteiger partial charge in [0.2, 0.25) is 0 Å². The molecule has 0 amide bonds. The van der Waals surface area contributed by atoms with Crippen LogP contribution in [0.2, 0.25) is 0 Å². The van der Waals surface area contributed by atoms with Crippen molar-refractivity contribution in [3.8, 4) is 33.4 Å². The van der Waals surface area contributed by atoms with Gasteiger partial charge in [-0.3, -0.25) is 0 Å². The first-order valence-corrected chi connectivity index (χ1v) is 13.7. The monoisotopic (exact) mass is 593 g/mol. The Hall–Kier alpha value is -4.10. The van der Waals surface area contributed by atoms with Gasteiger partial charge in [-0.15, -0.1) is 18.2 Å². The summed E-state index contributed by atoms with van der Waals surface area (Å²) < 4.78 is 0. The predicted octanol–water partition coefficient (Wildman–Crippen LogP) is 10.9. The molecule has 189 valence electrons. The SMILES string of the molecule is [Y].[c-]1ccccc1-c1[c-]cc(-c2c3ccccc3c(-c3cc4ccccc4c4ccccc34)c3ccccc23)cc1. The second kappa shape index (κ2) is 10.7. The average Bonchev–Trinajstić information content (AvgIpc) is 3.04. The van der Waals surface area contributed by atoms with Gasteiger partial charge in [0, 0.05) is 32.7 Å². The summed E-state index contributed by atoms with van der Waals surface area (Å²) in [5.74, 6) is 0. The fourth-order valence-corrected chi connectivity index (χ4v) is 6.30. The van der Waals surface area contributed by atoms with Gasteiger partial charge in [-0.1, -0.05) is 103 Å². The van der Waals surface area contributed by atoms with Gasteiger partial charge >= 0.3 is 0 Å². The van der Waals surface area contributed by atoms with Crippen LogP contribution in [0.5, 0.6) is 0 Å². The Labute approximate surface area is 265 Å². The molecule has 0 aliphatic carbocycles. The first kappa shape index (κ1) is 25.8. The third-order valence-corrected chi connectivity index (χ3v) is 8.07. The molecule has 0 heterocycles. The molecule has 8 aromatic rings. The van der Waals surface area contributed by atoms with E-state index in [1.54, 1.807) is 0 Å². The molecule has 0 bridgehead atoms. The van der Waals surface area contributed by atoms with Gasteiger partial charge in [0.05, 0.1) is 0 Å². The number of hydrogen-bond donors (Lipinski definition) is 0. The molecule has 1 radical (unpaired) electrons. The summed E-state index contributed by atoms with van der Waals surface area (Å²) >= 11 is 0. The summed E-state index contributed by atoms with van der Waals surface area (Å²) in [6, 6.07) is 59.1. The second-order valence-corrected chi connectivity index (χ2v) is 10.3. The van der Waals surface area contributed by atoms with Crippen LogP contribution in [0.25, 0.3) is 76.5 Å². The maximum absolute atomic E-state index is 3.54. The van der Waals surface area contributed by atoms with E-state index in [2.05, 4.69) is 140 Å². The summed E-state index contributed by atoms with van der Waals surface area (Å²) in [7, 11) is 0. The molecule has 8 aromatic carbocycles. The van der Waals surface area contributed by atoms with Crippen LogP contribution in [0.15, 0.2) is 146 Å². The molecule has 0 N–H and O–H groups in total. The van der Waals surface area contributed by atoms with Gasteiger partial charge < -0.3 is 0 Å². The minimum absolute atomic E-state index is 0. The third kappa shape index (κ3) is 4.31. The van der Waals surface area contributed by atoms with Crippen LogP contribution < -0.4 is 0 Å². The van der Waals surface area contributed by atoms with Crippen molar-refractivity contribution in [3.63, 3.8) is 0 Å². The molecule has 0 aliphatic heterocycles. The van der Waals surface area contributed by atoms with Crippen molar-refractivity contribution in [3.05, 3.63) is 158 Å². The maximum Gasteiger partial charge on any atom is 0 e. The van der Waals surface area contributed by atoms with Crippen molar-refractivity contribution in [1.29, 1.82) is 0 Å². The minimum Gasteiger partial charge on any atom is -0.226 e. The molecule has 0 nitrogen and oxygen atoms in total. The van der Waals surface area contributed by atoms with Crippen molar-refractivity contribution in [1.82, 2.24) is 0 Å². The van der Waals surface area contributed by atoms with Gasteiger partial charge in [0.25, 0.3) is 0 Å². The molecule has 0 spiro atoms. The molecule has 0 saturated carbocycles. The molecule has 8 rings (SSSR count). The van der Waals surface area contributed by atoms with E-state index in [4.69, 9.17) is 0 Å². The Balaban J connectivity index is 0.00000276. The van der Waals surface area contributed by atoms with E-state index in [1.165, 1.54) is 65.3 Å². The Morgan fingerprint density at radius 1 is 0.390 bits per heavy atom. The molecule has 41 heavy (non-hydrogen) atoms. The topological polar surface area (TPSA) is 0 Å². The Morgan fingerprint density at radius 2 is 0.927 bits per heavy atom. The van der Waals surface area contributed by atoms with E-state index in [-0.39, 0.29) is 32.7 Å². The normalized spacial score (nSPS) is 11.2. The number of benzene rings is 8. The molecule has 0 atom stereocenters. The first-order valence-electron chi connectivity index (χ1n) is 13.7. The van der Waals surface area contributed by atoms with E-state index < -0.39 is 0 Å². The van der Waals surface area contributed by atoms with Gasteiger partial charge in [0.15, 0.2) is 0 Å². The zero-order valence-corrected chi connectivity index (χ0v) is 25.3. The first-order chi connectivity index (χ1) is 19.9. The molecule has 0 aromatic heterocycles. The standard InChI is InChI=1S/C40H24.Y/c1-2-12-27(13-3-1)28-22-24-29(25-23-28)39-34-18-8-10-20-36(34)40(37-21-11-9-19-35(37)39)38-26-30-14-4-5-15-31(30)32-16-6-7-17-33(32)38;/h1-12,14-22,24-26H;/q-2;. The summed E-state index contributed by atoms with van der Waals surface area (Å²) in [6.07, 6.45) is 0. The Bertz CT molecular complexity index is 2140. The van der Waals surface area contributed by atoms with Crippen LogP contribution in [-0.4, -0.2) is 0 Å². The van der Waals surface area contributed by atoms with E-state index in [9.17, 15) is 0 Å². The molecular formula is C40H24Y-2. The van der Waals surface area contributed by atoms with Gasteiger partial charge in [-0.25, -0.2) is 11.1 Å². The fraction of sp³-hybridized carbons (Fsp3) is 0. The van der Waals surface area contributed by atoms with Crippen molar-refractivity contribution in [2.24, 2.45) is 0 Å². The van der Waals surface area contributed by atoms with E-state index in [0.717, 1.165) is 11.1 Å². The smallest absolute Gasteiger partial charge is 0 e. The fourth-order valence-electron chi connectivity index (χ4n) is 6.30. The minimum atomic E-state index is 0. The molecule has 0 aliphatic rings. The van der Waals surface area contributed by atoms with Crippen molar-refractivity contribution in [2.45, 2.75) is 0 Å². The van der Waals surface area contributed by atoms with Crippen molar-refractivity contribution < 1.29 is 32.7 Å². The molecule has 1 heteroatoms. The van der Waals surface area contributed by atoms with Crippen LogP contribution in [0.3, 0.4) is 0 Å². The van der Waals surface area contributed by atoms with Crippen LogP contribution in [0, 0.1) is 12.1 Å². The van der Waals surface area contributed by atoms with E-state index in [0.29, 0.717) is 0 Å². The van der Waals surface area contributed by atoms with Crippen LogP contribution in [0.1, 0.15) is 0 Å². The summed E-state index contributed by atoms with van der Waals surface area (Å²) in [4.78, 5) is 0. The number of rotatable bonds is 3. The molecule has 0 unspecified atom stereocenters. The van der Waals surface area contributed by atoms with E-state index in [1.807, 2.05) is 18.2 Å². The molecular weight excluding hydrogens is 569 g/mol. The second-order valence-electron chi connectivity index (χ2n) is 10.3. The maximum atomic E-state index is 3.54. The molecule has 0 saturated heterocycles. The predicted molar refractivity (Wildman–Crippen MR) is 170 cm³/mol. The number of fused-ring (bicyclic) bond motifs is 5. The van der Waals surface area contributed by atoms with Gasteiger partial charge in [-0.2, -0.15) is 36.4 Å². The summed E-state index contributed by atoms with van der Waals surface area (Å²) in [6.45, 7) is 0. The van der Waals surface area contributed by atoms with Gasteiger partial charge in [0.1, 0.15) is 0 Å². The van der Waals surface area contributed by atoms with Crippen LogP contribution in [0.4, 0.5) is 0 Å². The zero-order valence-electron chi connectivity index (χ0n) is 22.4. The Morgan fingerprint density at radius 3 is 1.54 bits per heavy atom. The summed E-state index contributed by atoms with van der Waals surface area (Å²) in [5, 5.41) is 10.1. The summed E-state index contributed by atoms with van der Waals surface area (Å²) in [5.41, 5.74) is 7.09.